The molecule has 0 aliphatic carbocycles. The van der Waals surface area contributed by atoms with E-state index in [1.165, 1.54) is 12.1 Å². The van der Waals surface area contributed by atoms with Gasteiger partial charge in [-0.25, -0.2) is 4.90 Å². The zero-order chi connectivity index (χ0) is 19.0. The molecule has 9 heteroatoms. The Morgan fingerprint density at radius 2 is 1.78 bits per heavy atom. The number of anilines is 1. The van der Waals surface area contributed by atoms with E-state index in [0.717, 1.165) is 12.1 Å². The van der Waals surface area contributed by atoms with Crippen LogP contribution in [0.1, 0.15) is 5.56 Å². The Balaban J connectivity index is 1.59. The van der Waals surface area contributed by atoms with E-state index in [9.17, 15) is 22.8 Å². The molecule has 3 fully saturated rings. The number of amides is 2. The van der Waals surface area contributed by atoms with Crippen molar-refractivity contribution in [1.29, 1.82) is 0 Å². The van der Waals surface area contributed by atoms with Crippen LogP contribution in [0.15, 0.2) is 36.4 Å². The van der Waals surface area contributed by atoms with E-state index in [-0.39, 0.29) is 0 Å². The first-order chi connectivity index (χ1) is 12.8. The molecule has 142 valence electrons. The molecule has 1 aromatic rings. The second kappa shape index (κ2) is 5.40. The summed E-state index contributed by atoms with van der Waals surface area (Å²) in [5.41, 5.74) is -2.78. The average molecular weight is 381 g/mol. The molecule has 0 N–H and O–H groups in total. The Bertz CT molecular complexity index is 863. The normalized spacial score (nSPS) is 35.5. The molecule has 5 rings (SSSR count). The predicted octanol–water partition coefficient (Wildman–Crippen LogP) is 1.89. The fourth-order valence-corrected chi connectivity index (χ4v) is 4.47. The van der Waals surface area contributed by atoms with Gasteiger partial charge in [0.2, 0.25) is 11.8 Å². The summed E-state index contributed by atoms with van der Waals surface area (Å²) >= 11 is 0. The van der Waals surface area contributed by atoms with Crippen LogP contribution in [0.3, 0.4) is 0 Å². The Labute approximate surface area is 151 Å². The molecule has 0 spiro atoms. The molecule has 2 bridgehead atoms. The molecule has 6 nitrogen and oxygen atoms in total. The highest BCUT2D eigenvalue weighted by Crippen LogP contribution is 2.55. The first-order valence-electron chi connectivity index (χ1n) is 8.49. The van der Waals surface area contributed by atoms with E-state index >= 15 is 0 Å². The fraction of sp³-hybridized carbons (Fsp3) is 0.444. The Hall–Kier alpha value is -2.23. The van der Waals surface area contributed by atoms with Gasteiger partial charge in [-0.2, -0.15) is 13.2 Å². The van der Waals surface area contributed by atoms with Gasteiger partial charge in [-0.3, -0.25) is 9.59 Å². The smallest absolute Gasteiger partial charge is 0.357 e. The zero-order valence-electron chi connectivity index (χ0n) is 13.8. The lowest BCUT2D eigenvalue weighted by Gasteiger charge is -2.32. The van der Waals surface area contributed by atoms with Gasteiger partial charge in [-0.1, -0.05) is 18.2 Å². The van der Waals surface area contributed by atoms with Crippen molar-refractivity contribution in [2.45, 2.75) is 24.2 Å². The van der Waals surface area contributed by atoms with Crippen molar-refractivity contribution in [3.05, 3.63) is 42.0 Å². The number of para-hydroxylation sites is 1. The van der Waals surface area contributed by atoms with Crippen molar-refractivity contribution in [1.82, 2.24) is 0 Å². The summed E-state index contributed by atoms with van der Waals surface area (Å²) in [4.78, 5) is 26.8. The van der Waals surface area contributed by atoms with Crippen LogP contribution >= 0.6 is 0 Å². The molecule has 0 saturated carbocycles. The maximum atomic E-state index is 13.4. The number of benzene rings is 1. The minimum Gasteiger partial charge on any atom is -0.357 e. The highest BCUT2D eigenvalue weighted by molar-refractivity contribution is 6.23. The third-order valence-corrected chi connectivity index (χ3v) is 5.52. The maximum absolute atomic E-state index is 13.4. The second-order valence-corrected chi connectivity index (χ2v) is 6.90. The molecule has 1 aromatic carbocycles. The summed E-state index contributed by atoms with van der Waals surface area (Å²) in [6.45, 7) is 0.628. The molecular weight excluding hydrogens is 367 g/mol. The SMILES string of the molecule is O=C1[C@@H]2[C@H]3C=C[C@@](C4OCCO4)(O3)[C@H]2C(=O)N1c1ccccc1C(F)(F)F. The lowest BCUT2D eigenvalue weighted by molar-refractivity contribution is -0.180. The number of carbonyl (C=O) groups is 2. The van der Waals surface area contributed by atoms with Crippen LogP contribution in [-0.2, 0) is 30.0 Å². The number of alkyl halides is 3. The summed E-state index contributed by atoms with van der Waals surface area (Å²) in [7, 11) is 0. The number of rotatable bonds is 2. The van der Waals surface area contributed by atoms with Gasteiger partial charge >= 0.3 is 6.18 Å². The number of nitrogens with zero attached hydrogens (tertiary/aromatic N) is 1. The predicted molar refractivity (Wildman–Crippen MR) is 83.4 cm³/mol. The van der Waals surface area contributed by atoms with E-state index in [0.29, 0.717) is 18.1 Å². The number of hydrogen-bond donors (Lipinski definition) is 0. The van der Waals surface area contributed by atoms with E-state index in [1.54, 1.807) is 12.2 Å². The average Bonchev–Trinajstić information content (AvgIpc) is 3.38. The van der Waals surface area contributed by atoms with E-state index in [4.69, 9.17) is 14.2 Å². The van der Waals surface area contributed by atoms with Gasteiger partial charge < -0.3 is 14.2 Å². The lowest BCUT2D eigenvalue weighted by Crippen LogP contribution is -2.49. The summed E-state index contributed by atoms with van der Waals surface area (Å²) in [5, 5.41) is 0. The minimum atomic E-state index is -4.70. The summed E-state index contributed by atoms with van der Waals surface area (Å²) in [6.07, 6.45) is -2.97. The minimum absolute atomic E-state index is 0.314. The van der Waals surface area contributed by atoms with Crippen LogP contribution in [0, 0.1) is 11.8 Å². The van der Waals surface area contributed by atoms with Gasteiger partial charge in [0.05, 0.1) is 42.4 Å². The third kappa shape index (κ3) is 2.13. The molecule has 3 saturated heterocycles. The number of ether oxygens (including phenoxy) is 3. The summed E-state index contributed by atoms with van der Waals surface area (Å²) in [5.74, 6) is -3.30. The summed E-state index contributed by atoms with van der Waals surface area (Å²) < 4.78 is 57.1. The molecule has 0 aromatic heterocycles. The van der Waals surface area contributed by atoms with Crippen molar-refractivity contribution in [2.24, 2.45) is 11.8 Å². The molecule has 2 amide bonds. The molecule has 0 radical (unpaired) electrons. The molecule has 4 heterocycles. The van der Waals surface area contributed by atoms with E-state index < -0.39 is 59.1 Å². The number of halogens is 3. The molecule has 0 unspecified atom stereocenters. The standard InChI is InChI=1S/C18H14F3NO5/c19-18(20,21)9-3-1-2-4-10(9)22-14(23)12-11-5-6-17(27-11,13(12)15(22)24)16-25-7-8-26-16/h1-6,11-13,16H,7-8H2/t11-,12-,13-,17-/m1/s1. The first-order valence-corrected chi connectivity index (χ1v) is 8.49. The van der Waals surface area contributed by atoms with E-state index in [1.807, 2.05) is 0 Å². The molecule has 4 aliphatic rings. The van der Waals surface area contributed by atoms with Gasteiger partial charge in [0.25, 0.3) is 0 Å². The van der Waals surface area contributed by atoms with Crippen molar-refractivity contribution in [3.63, 3.8) is 0 Å². The van der Waals surface area contributed by atoms with Crippen LogP contribution in [0.4, 0.5) is 18.9 Å². The second-order valence-electron chi connectivity index (χ2n) is 6.90. The van der Waals surface area contributed by atoms with Crippen LogP contribution in [0.2, 0.25) is 0 Å². The molecule has 4 atom stereocenters. The van der Waals surface area contributed by atoms with Crippen molar-refractivity contribution in [3.8, 4) is 0 Å². The molecular formula is C18H14F3NO5. The quantitative estimate of drug-likeness (QED) is 0.578. The van der Waals surface area contributed by atoms with Crippen molar-refractivity contribution >= 4 is 17.5 Å². The fourth-order valence-electron chi connectivity index (χ4n) is 4.47. The topological polar surface area (TPSA) is 65.1 Å². The first kappa shape index (κ1) is 16.9. The van der Waals surface area contributed by atoms with Gasteiger partial charge in [-0.15, -0.1) is 0 Å². The molecule has 27 heavy (non-hydrogen) atoms. The van der Waals surface area contributed by atoms with Gasteiger partial charge in [0, 0.05) is 0 Å². The van der Waals surface area contributed by atoms with Crippen LogP contribution < -0.4 is 4.90 Å². The van der Waals surface area contributed by atoms with Gasteiger partial charge in [0.1, 0.15) is 0 Å². The summed E-state index contributed by atoms with van der Waals surface area (Å²) in [6, 6.07) is 4.56. The number of hydrogen-bond acceptors (Lipinski definition) is 5. The largest absolute Gasteiger partial charge is 0.418 e. The van der Waals surface area contributed by atoms with Crippen molar-refractivity contribution in [2.75, 3.05) is 18.1 Å². The Kier molecular flexibility index (Phi) is 3.38. The lowest BCUT2D eigenvalue weighted by atomic mass is 9.76. The highest BCUT2D eigenvalue weighted by atomic mass is 19.4. The van der Waals surface area contributed by atoms with Crippen molar-refractivity contribution < 1.29 is 37.0 Å². The third-order valence-electron chi connectivity index (χ3n) is 5.52. The molecule has 4 aliphatic heterocycles. The monoisotopic (exact) mass is 381 g/mol. The zero-order valence-corrected chi connectivity index (χ0v) is 13.8. The van der Waals surface area contributed by atoms with Crippen LogP contribution in [0.25, 0.3) is 0 Å². The van der Waals surface area contributed by atoms with Crippen LogP contribution in [0.5, 0.6) is 0 Å². The van der Waals surface area contributed by atoms with Gasteiger partial charge in [-0.05, 0) is 18.2 Å². The maximum Gasteiger partial charge on any atom is 0.418 e. The van der Waals surface area contributed by atoms with Gasteiger partial charge in [0.15, 0.2) is 11.9 Å². The van der Waals surface area contributed by atoms with E-state index in [2.05, 4.69) is 0 Å². The number of carbonyl (C=O) groups excluding carboxylic acids is 2. The highest BCUT2D eigenvalue weighted by Gasteiger charge is 2.71. The van der Waals surface area contributed by atoms with Crippen LogP contribution in [-0.4, -0.2) is 43.0 Å². The number of fused-ring (bicyclic) bond motifs is 5. The Morgan fingerprint density at radius 1 is 1.07 bits per heavy atom. The Morgan fingerprint density at radius 3 is 2.48 bits per heavy atom. The number of imide groups is 1.